The summed E-state index contributed by atoms with van der Waals surface area (Å²) in [6, 6.07) is 12.4. The van der Waals surface area contributed by atoms with Crippen LogP contribution in [0.3, 0.4) is 0 Å². The first-order valence-electron chi connectivity index (χ1n) is 8.74. The average molecular weight is 376 g/mol. The van der Waals surface area contributed by atoms with Gasteiger partial charge in [-0.2, -0.15) is 4.99 Å². The first-order chi connectivity index (χ1) is 12.9. The van der Waals surface area contributed by atoms with Crippen molar-refractivity contribution in [3.05, 3.63) is 75.6 Å². The van der Waals surface area contributed by atoms with E-state index in [9.17, 15) is 4.79 Å². The number of nitrogens with one attached hydrogen (secondary N) is 1. The Kier molecular flexibility index (Phi) is 4.36. The number of carbonyl (C=O) groups is 1. The lowest BCUT2D eigenvalue weighted by Crippen LogP contribution is -2.35. The fourth-order valence-corrected chi connectivity index (χ4v) is 4.16. The highest BCUT2D eigenvalue weighted by Gasteiger charge is 2.33. The summed E-state index contributed by atoms with van der Waals surface area (Å²) in [5.41, 5.74) is 4.69. The molecule has 2 aliphatic heterocycles. The number of amidine groups is 2. The quantitative estimate of drug-likeness (QED) is 0.812. The first-order valence-corrected chi connectivity index (χ1v) is 9.55. The van der Waals surface area contributed by atoms with Crippen molar-refractivity contribution >= 4 is 34.7 Å². The fraction of sp³-hybridized carbons (Fsp3) is 0.190. The van der Waals surface area contributed by atoms with Crippen LogP contribution < -0.4 is 0 Å². The van der Waals surface area contributed by atoms with Crippen molar-refractivity contribution < 1.29 is 4.79 Å². The van der Waals surface area contributed by atoms with Crippen LogP contribution in [0.5, 0.6) is 0 Å². The van der Waals surface area contributed by atoms with Crippen molar-refractivity contribution in [3.63, 3.8) is 0 Å². The summed E-state index contributed by atoms with van der Waals surface area (Å²) in [5.74, 6) is -0.170. The van der Waals surface area contributed by atoms with Gasteiger partial charge in [-0.3, -0.25) is 15.1 Å². The van der Waals surface area contributed by atoms with Crippen molar-refractivity contribution in [1.29, 1.82) is 5.41 Å². The second-order valence-corrected chi connectivity index (χ2v) is 7.93. The van der Waals surface area contributed by atoms with Crippen molar-refractivity contribution in [1.82, 2.24) is 9.47 Å². The van der Waals surface area contributed by atoms with E-state index in [2.05, 4.69) is 34.7 Å². The number of rotatable bonds is 3. The SMILES string of the molecule is CC1=CN2C(=N)C(=Cc3cc(C)n(Cc4ccccc4)c3C)C(=O)N=C2S1. The normalized spacial score (nSPS) is 18.0. The third-order valence-electron chi connectivity index (χ3n) is 4.79. The third-order valence-corrected chi connectivity index (χ3v) is 5.69. The lowest BCUT2D eigenvalue weighted by atomic mass is 10.1. The van der Waals surface area contributed by atoms with E-state index in [1.54, 1.807) is 11.0 Å². The number of hydrogen-bond donors (Lipinski definition) is 1. The highest BCUT2D eigenvalue weighted by atomic mass is 32.2. The maximum atomic E-state index is 12.5. The van der Waals surface area contributed by atoms with Gasteiger partial charge in [0, 0.05) is 29.0 Å². The van der Waals surface area contributed by atoms with Crippen LogP contribution in [0.2, 0.25) is 0 Å². The molecule has 136 valence electrons. The minimum Gasteiger partial charge on any atom is -0.344 e. The van der Waals surface area contributed by atoms with Crippen LogP contribution in [0.1, 0.15) is 29.4 Å². The zero-order chi connectivity index (χ0) is 19.1. The van der Waals surface area contributed by atoms with Crippen LogP contribution in [-0.2, 0) is 11.3 Å². The number of fused-ring (bicyclic) bond motifs is 1. The molecule has 1 N–H and O–H groups in total. The number of hydrogen-bond acceptors (Lipinski definition) is 3. The van der Waals surface area contributed by atoms with Crippen LogP contribution >= 0.6 is 11.8 Å². The number of aliphatic imine (C=N–C) groups is 1. The molecule has 0 atom stereocenters. The van der Waals surface area contributed by atoms with Crippen LogP contribution in [0.15, 0.2) is 58.1 Å². The Bertz CT molecular complexity index is 1040. The molecular formula is C21H20N4OS. The molecule has 0 radical (unpaired) electrons. The van der Waals surface area contributed by atoms with Crippen LogP contribution in [0, 0.1) is 19.3 Å². The summed E-state index contributed by atoms with van der Waals surface area (Å²) >= 11 is 1.42. The second kappa shape index (κ2) is 6.70. The van der Waals surface area contributed by atoms with Crippen LogP contribution in [-0.4, -0.2) is 26.4 Å². The van der Waals surface area contributed by atoms with Gasteiger partial charge in [-0.1, -0.05) is 42.1 Å². The molecule has 1 aromatic carbocycles. The molecule has 5 nitrogen and oxygen atoms in total. The van der Waals surface area contributed by atoms with Crippen molar-refractivity contribution in [3.8, 4) is 0 Å². The number of nitrogens with zero attached hydrogens (tertiary/aromatic N) is 3. The Morgan fingerprint density at radius 2 is 1.93 bits per heavy atom. The molecule has 4 rings (SSSR count). The zero-order valence-electron chi connectivity index (χ0n) is 15.5. The van der Waals surface area contributed by atoms with E-state index in [0.29, 0.717) is 10.7 Å². The van der Waals surface area contributed by atoms with Gasteiger partial charge >= 0.3 is 0 Å². The van der Waals surface area contributed by atoms with Gasteiger partial charge in [-0.15, -0.1) is 0 Å². The molecule has 2 aromatic rings. The topological polar surface area (TPSA) is 61.5 Å². The molecule has 3 heterocycles. The number of allylic oxidation sites excluding steroid dienone is 1. The van der Waals surface area contributed by atoms with Crippen LogP contribution in [0.4, 0.5) is 0 Å². The molecule has 0 aliphatic carbocycles. The number of aromatic nitrogens is 1. The van der Waals surface area contributed by atoms with Crippen molar-refractivity contribution in [2.75, 3.05) is 0 Å². The van der Waals surface area contributed by atoms with Gasteiger partial charge in [-0.05, 0) is 44.0 Å². The fourth-order valence-electron chi connectivity index (χ4n) is 3.34. The van der Waals surface area contributed by atoms with Gasteiger partial charge in [0.1, 0.15) is 5.84 Å². The number of thioether (sulfide) groups is 1. The van der Waals surface area contributed by atoms with Gasteiger partial charge in [-0.25, -0.2) is 0 Å². The minimum atomic E-state index is -0.352. The summed E-state index contributed by atoms with van der Waals surface area (Å²) in [6.45, 7) is 6.83. The summed E-state index contributed by atoms with van der Waals surface area (Å²) in [4.78, 5) is 19.3. The monoisotopic (exact) mass is 376 g/mol. The van der Waals surface area contributed by atoms with Gasteiger partial charge in [0.25, 0.3) is 5.91 Å². The van der Waals surface area contributed by atoms with E-state index in [4.69, 9.17) is 5.41 Å². The van der Waals surface area contributed by atoms with E-state index in [1.165, 1.54) is 17.3 Å². The number of amides is 1. The summed E-state index contributed by atoms with van der Waals surface area (Å²) in [5, 5.41) is 9.01. The molecule has 0 saturated carbocycles. The Hall–Kier alpha value is -2.86. The summed E-state index contributed by atoms with van der Waals surface area (Å²) in [6.07, 6.45) is 3.64. The predicted octanol–water partition coefficient (Wildman–Crippen LogP) is 4.32. The van der Waals surface area contributed by atoms with Gasteiger partial charge in [0.05, 0.1) is 5.57 Å². The molecule has 2 aliphatic rings. The second-order valence-electron chi connectivity index (χ2n) is 6.72. The molecule has 0 unspecified atom stereocenters. The number of carbonyl (C=O) groups excluding carboxylic acids is 1. The van der Waals surface area contributed by atoms with E-state index >= 15 is 0 Å². The van der Waals surface area contributed by atoms with Crippen molar-refractivity contribution in [2.24, 2.45) is 4.99 Å². The molecular weight excluding hydrogens is 356 g/mol. The van der Waals surface area contributed by atoms with Gasteiger partial charge in [0.15, 0.2) is 5.17 Å². The number of aryl methyl sites for hydroxylation is 1. The highest BCUT2D eigenvalue weighted by molar-refractivity contribution is 8.17. The molecule has 6 heteroatoms. The number of benzene rings is 1. The molecule has 0 saturated heterocycles. The largest absolute Gasteiger partial charge is 0.344 e. The van der Waals surface area contributed by atoms with E-state index in [-0.39, 0.29) is 11.7 Å². The lowest BCUT2D eigenvalue weighted by Gasteiger charge is -2.22. The Labute approximate surface area is 162 Å². The predicted molar refractivity (Wildman–Crippen MR) is 111 cm³/mol. The Morgan fingerprint density at radius 3 is 2.67 bits per heavy atom. The molecule has 0 fully saturated rings. The van der Waals surface area contributed by atoms with Gasteiger partial charge in [0.2, 0.25) is 0 Å². The summed E-state index contributed by atoms with van der Waals surface area (Å²) in [7, 11) is 0. The highest BCUT2D eigenvalue weighted by Crippen LogP contribution is 2.33. The van der Waals surface area contributed by atoms with Gasteiger partial charge < -0.3 is 4.57 Å². The van der Waals surface area contributed by atoms with E-state index in [0.717, 1.165) is 28.4 Å². The zero-order valence-corrected chi connectivity index (χ0v) is 16.3. The first kappa shape index (κ1) is 17.5. The average Bonchev–Trinajstić information content (AvgIpc) is 3.13. The lowest BCUT2D eigenvalue weighted by molar-refractivity contribution is -0.114. The van der Waals surface area contributed by atoms with Crippen LogP contribution in [0.25, 0.3) is 6.08 Å². The molecule has 0 bridgehead atoms. The Morgan fingerprint density at radius 1 is 1.19 bits per heavy atom. The Balaban J connectivity index is 1.70. The molecule has 0 spiro atoms. The third kappa shape index (κ3) is 3.17. The van der Waals surface area contributed by atoms with Crippen molar-refractivity contribution in [2.45, 2.75) is 27.3 Å². The smallest absolute Gasteiger partial charge is 0.283 e. The molecule has 1 amide bonds. The standard InChI is InChI=1S/C21H20N4OS/c1-13-9-17(15(3)24(13)12-16-7-5-4-6-8-16)10-18-19(22)25-11-14(2)27-21(25)23-20(18)26/h4-11,22H,12H2,1-3H3. The maximum absolute atomic E-state index is 12.5. The summed E-state index contributed by atoms with van der Waals surface area (Å²) < 4.78 is 2.23. The molecule has 1 aromatic heterocycles. The minimum absolute atomic E-state index is 0.183. The van der Waals surface area contributed by atoms with E-state index < -0.39 is 0 Å². The van der Waals surface area contributed by atoms with E-state index in [1.807, 2.05) is 38.2 Å². The maximum Gasteiger partial charge on any atom is 0.283 e. The molecule has 27 heavy (non-hydrogen) atoms.